The molecule has 2 rings (SSSR count). The highest BCUT2D eigenvalue weighted by molar-refractivity contribution is 8.05. The summed E-state index contributed by atoms with van der Waals surface area (Å²) in [5.74, 6) is -1.57. The van der Waals surface area contributed by atoms with Crippen molar-refractivity contribution in [2.45, 2.75) is 0 Å². The molecule has 88 valence electrons. The summed E-state index contributed by atoms with van der Waals surface area (Å²) in [6, 6.07) is 5.64. The van der Waals surface area contributed by atoms with Crippen LogP contribution in [0.15, 0.2) is 41.3 Å². The number of carboxylic acids is 1. The molecule has 6 heteroatoms. The molecule has 1 heterocycles. The van der Waals surface area contributed by atoms with Crippen molar-refractivity contribution < 1.29 is 23.4 Å². The minimum absolute atomic E-state index is 0.0811. The molecular formula is C11H8O5S. The summed E-state index contributed by atoms with van der Waals surface area (Å²) in [6.45, 7) is 0. The number of aliphatic carboxylic acids is 1. The molecule has 5 nitrogen and oxygen atoms in total. The predicted octanol–water partition coefficient (Wildman–Crippen LogP) is 1.13. The topological polar surface area (TPSA) is 91.7 Å². The number of hydrogen-bond donors (Lipinski definition) is 2. The van der Waals surface area contributed by atoms with Crippen molar-refractivity contribution in [1.82, 2.24) is 0 Å². The van der Waals surface area contributed by atoms with Crippen LogP contribution in [0, 0.1) is 0 Å². The minimum Gasteiger partial charge on any atom is -0.508 e. The van der Waals surface area contributed by atoms with Crippen LogP contribution < -0.4 is 0 Å². The Morgan fingerprint density at radius 3 is 2.41 bits per heavy atom. The summed E-state index contributed by atoms with van der Waals surface area (Å²) < 4.78 is 23.7. The fraction of sp³-hybridized carbons (Fsp3) is 0. The Bertz CT molecular complexity index is 652. The molecule has 0 fully saturated rings. The average Bonchev–Trinajstić information content (AvgIpc) is 2.53. The predicted molar refractivity (Wildman–Crippen MR) is 60.7 cm³/mol. The summed E-state index contributed by atoms with van der Waals surface area (Å²) in [7, 11) is -3.99. The minimum atomic E-state index is -3.99. The van der Waals surface area contributed by atoms with Gasteiger partial charge < -0.3 is 10.2 Å². The molecule has 0 saturated heterocycles. The van der Waals surface area contributed by atoms with Crippen LogP contribution in [0.25, 0.3) is 4.91 Å². The second-order valence-electron chi connectivity index (χ2n) is 3.42. The van der Waals surface area contributed by atoms with Crippen LogP contribution in [0.5, 0.6) is 5.75 Å². The standard InChI is InChI=1S/C11H8O5S/c12-8-3-1-2-7(6-8)9-4-5-10(11(13)14)17(9,15)16/h1-6,12H,(H,13,14). The molecule has 0 spiro atoms. The van der Waals surface area contributed by atoms with Gasteiger partial charge in [-0.15, -0.1) is 0 Å². The lowest BCUT2D eigenvalue weighted by atomic mass is 10.2. The van der Waals surface area contributed by atoms with E-state index >= 15 is 0 Å². The number of phenolic OH excluding ortho intramolecular Hbond substituents is 1. The van der Waals surface area contributed by atoms with Crippen LogP contribution in [-0.2, 0) is 14.6 Å². The average molecular weight is 252 g/mol. The quantitative estimate of drug-likeness (QED) is 0.823. The molecule has 17 heavy (non-hydrogen) atoms. The number of carbonyl (C=O) groups is 1. The van der Waals surface area contributed by atoms with Crippen LogP contribution in [0.3, 0.4) is 0 Å². The first-order valence-corrected chi connectivity index (χ1v) is 6.11. The Labute approximate surface area is 97.2 Å². The van der Waals surface area contributed by atoms with E-state index in [2.05, 4.69) is 0 Å². The summed E-state index contributed by atoms with van der Waals surface area (Å²) >= 11 is 0. The zero-order chi connectivity index (χ0) is 12.6. The van der Waals surface area contributed by atoms with E-state index in [4.69, 9.17) is 5.11 Å². The van der Waals surface area contributed by atoms with E-state index in [1.807, 2.05) is 0 Å². The monoisotopic (exact) mass is 252 g/mol. The lowest BCUT2D eigenvalue weighted by Crippen LogP contribution is -2.10. The molecule has 0 amide bonds. The third-order valence-corrected chi connectivity index (χ3v) is 4.15. The number of allylic oxidation sites excluding steroid dienone is 2. The maximum absolute atomic E-state index is 11.8. The van der Waals surface area contributed by atoms with E-state index in [9.17, 15) is 18.3 Å². The second kappa shape index (κ2) is 3.74. The van der Waals surface area contributed by atoms with Crippen molar-refractivity contribution >= 4 is 20.7 Å². The van der Waals surface area contributed by atoms with Crippen molar-refractivity contribution in [2.75, 3.05) is 0 Å². The van der Waals surface area contributed by atoms with Gasteiger partial charge in [0.25, 0.3) is 0 Å². The molecule has 1 aliphatic rings. The van der Waals surface area contributed by atoms with Gasteiger partial charge in [0.15, 0.2) is 4.91 Å². The maximum Gasteiger partial charge on any atom is 0.347 e. The molecule has 0 unspecified atom stereocenters. The van der Waals surface area contributed by atoms with Crippen LogP contribution in [0.1, 0.15) is 5.56 Å². The number of aromatic hydroxyl groups is 1. The molecule has 1 aromatic carbocycles. The van der Waals surface area contributed by atoms with E-state index in [0.717, 1.165) is 6.08 Å². The van der Waals surface area contributed by atoms with E-state index in [0.29, 0.717) is 0 Å². The molecule has 1 aliphatic heterocycles. The van der Waals surface area contributed by atoms with Crippen LogP contribution in [0.2, 0.25) is 0 Å². The van der Waals surface area contributed by atoms with Crippen LogP contribution in [-0.4, -0.2) is 24.6 Å². The molecule has 0 radical (unpaired) electrons. The number of benzene rings is 1. The summed E-state index contributed by atoms with van der Waals surface area (Å²) in [5.41, 5.74) is 0.262. The van der Waals surface area contributed by atoms with E-state index in [-0.39, 0.29) is 16.2 Å². The van der Waals surface area contributed by atoms with Gasteiger partial charge in [-0.1, -0.05) is 12.1 Å². The molecule has 0 bridgehead atoms. The first-order valence-electron chi connectivity index (χ1n) is 4.62. The Hall–Kier alpha value is -2.08. The van der Waals surface area contributed by atoms with E-state index in [1.54, 1.807) is 0 Å². The third kappa shape index (κ3) is 1.83. The highest BCUT2D eigenvalue weighted by atomic mass is 32.2. The fourth-order valence-electron chi connectivity index (χ4n) is 1.55. The first-order chi connectivity index (χ1) is 7.93. The Balaban J connectivity index is 2.50. The zero-order valence-electron chi connectivity index (χ0n) is 8.49. The lowest BCUT2D eigenvalue weighted by molar-refractivity contribution is -0.131. The third-order valence-electron chi connectivity index (χ3n) is 2.31. The summed E-state index contributed by atoms with van der Waals surface area (Å²) in [4.78, 5) is 9.95. The molecule has 0 saturated carbocycles. The Morgan fingerprint density at radius 2 is 1.88 bits per heavy atom. The first kappa shape index (κ1) is 11.4. The van der Waals surface area contributed by atoms with Gasteiger partial charge in [-0.05, 0) is 29.8 Å². The highest BCUT2D eigenvalue weighted by Crippen LogP contribution is 2.33. The second-order valence-corrected chi connectivity index (χ2v) is 5.31. The normalized spacial score (nSPS) is 17.4. The molecule has 0 aromatic heterocycles. The largest absolute Gasteiger partial charge is 0.508 e. The lowest BCUT2D eigenvalue weighted by Gasteiger charge is -2.05. The van der Waals surface area contributed by atoms with Gasteiger partial charge in [0.05, 0.1) is 4.91 Å². The van der Waals surface area contributed by atoms with Gasteiger partial charge >= 0.3 is 5.97 Å². The highest BCUT2D eigenvalue weighted by Gasteiger charge is 2.33. The smallest absolute Gasteiger partial charge is 0.347 e. The van der Waals surface area contributed by atoms with Gasteiger partial charge in [0.2, 0.25) is 9.84 Å². The van der Waals surface area contributed by atoms with Crippen molar-refractivity contribution in [3.8, 4) is 5.75 Å². The number of rotatable bonds is 2. The van der Waals surface area contributed by atoms with Gasteiger partial charge in [0.1, 0.15) is 5.75 Å². The van der Waals surface area contributed by atoms with Crippen molar-refractivity contribution in [3.63, 3.8) is 0 Å². The zero-order valence-corrected chi connectivity index (χ0v) is 9.31. The summed E-state index contributed by atoms with van der Waals surface area (Å²) in [6.07, 6.45) is 2.25. The fourth-order valence-corrected chi connectivity index (χ4v) is 2.94. The van der Waals surface area contributed by atoms with E-state index < -0.39 is 20.7 Å². The number of hydrogen-bond acceptors (Lipinski definition) is 4. The molecule has 2 N–H and O–H groups in total. The molecular weight excluding hydrogens is 244 g/mol. The summed E-state index contributed by atoms with van der Waals surface area (Å²) in [5, 5.41) is 18.0. The molecule has 0 aliphatic carbocycles. The van der Waals surface area contributed by atoms with Crippen molar-refractivity contribution in [1.29, 1.82) is 0 Å². The van der Waals surface area contributed by atoms with Gasteiger partial charge in [-0.25, -0.2) is 13.2 Å². The molecule has 1 aromatic rings. The van der Waals surface area contributed by atoms with Gasteiger partial charge in [-0.3, -0.25) is 0 Å². The van der Waals surface area contributed by atoms with Crippen LogP contribution in [0.4, 0.5) is 0 Å². The van der Waals surface area contributed by atoms with E-state index in [1.165, 1.54) is 30.3 Å². The Morgan fingerprint density at radius 1 is 1.18 bits per heavy atom. The molecule has 0 atom stereocenters. The van der Waals surface area contributed by atoms with Gasteiger partial charge in [0, 0.05) is 0 Å². The van der Waals surface area contributed by atoms with Crippen molar-refractivity contribution in [2.24, 2.45) is 0 Å². The number of carboxylic acid groups (broad SMARTS) is 1. The number of phenols is 1. The Kier molecular flexibility index (Phi) is 2.51. The number of sulfone groups is 1. The van der Waals surface area contributed by atoms with Gasteiger partial charge in [-0.2, -0.15) is 0 Å². The van der Waals surface area contributed by atoms with Crippen molar-refractivity contribution in [3.05, 3.63) is 46.9 Å². The van der Waals surface area contributed by atoms with Crippen LogP contribution >= 0.6 is 0 Å². The maximum atomic E-state index is 11.8. The SMILES string of the molecule is O=C(O)C1=CC=C(c2cccc(O)c2)S1(=O)=O.